The van der Waals surface area contributed by atoms with Crippen LogP contribution in [-0.4, -0.2) is 38.2 Å². The van der Waals surface area contributed by atoms with Crippen LogP contribution < -0.4 is 15.8 Å². The first-order chi connectivity index (χ1) is 7.20. The van der Waals surface area contributed by atoms with Gasteiger partial charge in [-0.2, -0.15) is 0 Å². The van der Waals surface area contributed by atoms with Crippen molar-refractivity contribution in [2.75, 3.05) is 6.54 Å². The second kappa shape index (κ2) is 6.17. The number of rotatable bonds is 6. The minimum atomic E-state index is -3.53. The molecule has 0 aliphatic rings. The molecule has 7 heteroatoms. The quantitative estimate of drug-likeness (QED) is 0.573. The first kappa shape index (κ1) is 15.3. The van der Waals surface area contributed by atoms with Crippen molar-refractivity contribution < 1.29 is 13.2 Å². The zero-order valence-corrected chi connectivity index (χ0v) is 11.0. The van der Waals surface area contributed by atoms with Crippen LogP contribution in [0.25, 0.3) is 0 Å². The lowest BCUT2D eigenvalue weighted by Crippen LogP contribution is -2.49. The normalized spacial score (nSPS) is 15.9. The number of nitrogens with one attached hydrogen (secondary N) is 2. The standard InChI is InChI=1S/C9H21N3O3S/c1-6(2)11-9(13)8(4)12-16(14,15)7(3)5-10/h6-8,12H,5,10H2,1-4H3,(H,11,13). The molecule has 0 radical (unpaired) electrons. The van der Waals surface area contributed by atoms with E-state index in [1.54, 1.807) is 0 Å². The summed E-state index contributed by atoms with van der Waals surface area (Å²) in [5.74, 6) is -0.345. The first-order valence-electron chi connectivity index (χ1n) is 5.22. The number of carbonyl (C=O) groups is 1. The Morgan fingerprint density at radius 3 is 2.12 bits per heavy atom. The lowest BCUT2D eigenvalue weighted by molar-refractivity contribution is -0.122. The van der Waals surface area contributed by atoms with Gasteiger partial charge < -0.3 is 11.1 Å². The summed E-state index contributed by atoms with van der Waals surface area (Å²) in [6, 6.07) is -0.812. The van der Waals surface area contributed by atoms with Gasteiger partial charge in [0.05, 0.1) is 11.3 Å². The van der Waals surface area contributed by atoms with Crippen LogP contribution in [0.15, 0.2) is 0 Å². The molecule has 1 amide bonds. The summed E-state index contributed by atoms with van der Waals surface area (Å²) in [5, 5.41) is 1.92. The van der Waals surface area contributed by atoms with Crippen molar-refractivity contribution in [1.82, 2.24) is 10.0 Å². The van der Waals surface area contributed by atoms with Crippen molar-refractivity contribution in [2.45, 2.75) is 45.0 Å². The number of sulfonamides is 1. The largest absolute Gasteiger partial charge is 0.353 e. The third-order valence-electron chi connectivity index (χ3n) is 2.03. The predicted octanol–water partition coefficient (Wildman–Crippen LogP) is -0.834. The van der Waals surface area contributed by atoms with Crippen LogP contribution in [-0.2, 0) is 14.8 Å². The molecule has 0 saturated heterocycles. The van der Waals surface area contributed by atoms with Crippen molar-refractivity contribution in [2.24, 2.45) is 5.73 Å². The van der Waals surface area contributed by atoms with Crippen molar-refractivity contribution in [3.05, 3.63) is 0 Å². The molecule has 0 saturated carbocycles. The summed E-state index contributed by atoms with van der Waals surface area (Å²) in [4.78, 5) is 11.5. The maximum Gasteiger partial charge on any atom is 0.238 e. The van der Waals surface area contributed by atoms with E-state index in [1.807, 2.05) is 13.8 Å². The average Bonchev–Trinajstić information content (AvgIpc) is 2.14. The molecule has 96 valence electrons. The molecule has 16 heavy (non-hydrogen) atoms. The van der Waals surface area contributed by atoms with Crippen molar-refractivity contribution in [1.29, 1.82) is 0 Å². The molecular formula is C9H21N3O3S. The molecule has 0 rings (SSSR count). The lowest BCUT2D eigenvalue weighted by Gasteiger charge is -2.18. The Morgan fingerprint density at radius 1 is 1.25 bits per heavy atom. The van der Waals surface area contributed by atoms with E-state index in [2.05, 4.69) is 10.0 Å². The smallest absolute Gasteiger partial charge is 0.238 e. The fraction of sp³-hybridized carbons (Fsp3) is 0.889. The fourth-order valence-electron chi connectivity index (χ4n) is 0.952. The SMILES string of the molecule is CC(C)NC(=O)C(C)NS(=O)(=O)C(C)CN. The Hall–Kier alpha value is -0.660. The Morgan fingerprint density at radius 2 is 1.75 bits per heavy atom. The van der Waals surface area contributed by atoms with Gasteiger partial charge in [0.15, 0.2) is 0 Å². The molecule has 0 aliphatic carbocycles. The highest BCUT2D eigenvalue weighted by atomic mass is 32.2. The van der Waals surface area contributed by atoms with Crippen LogP contribution in [0.3, 0.4) is 0 Å². The summed E-state index contributed by atoms with van der Waals surface area (Å²) in [5.41, 5.74) is 5.27. The molecule has 0 aliphatic heterocycles. The Bertz CT molecular complexity index is 327. The molecule has 0 fully saturated rings. The molecule has 0 heterocycles. The highest BCUT2D eigenvalue weighted by molar-refractivity contribution is 7.90. The number of amides is 1. The van der Waals surface area contributed by atoms with Crippen LogP contribution >= 0.6 is 0 Å². The van der Waals surface area contributed by atoms with Gasteiger partial charge >= 0.3 is 0 Å². The predicted molar refractivity (Wildman–Crippen MR) is 63.3 cm³/mol. The third kappa shape index (κ3) is 4.91. The van der Waals surface area contributed by atoms with Crippen molar-refractivity contribution >= 4 is 15.9 Å². The van der Waals surface area contributed by atoms with Gasteiger partial charge in [-0.05, 0) is 27.7 Å². The van der Waals surface area contributed by atoms with Gasteiger partial charge in [0.2, 0.25) is 15.9 Å². The van der Waals surface area contributed by atoms with E-state index in [9.17, 15) is 13.2 Å². The summed E-state index contributed by atoms with van der Waals surface area (Å²) >= 11 is 0. The Kier molecular flexibility index (Phi) is 5.91. The van der Waals surface area contributed by atoms with Gasteiger partial charge in [-0.15, -0.1) is 0 Å². The van der Waals surface area contributed by atoms with E-state index in [0.29, 0.717) is 0 Å². The number of carbonyl (C=O) groups excluding carboxylic acids is 1. The van der Waals surface area contributed by atoms with Gasteiger partial charge in [0.1, 0.15) is 0 Å². The molecule has 4 N–H and O–H groups in total. The van der Waals surface area contributed by atoms with E-state index in [-0.39, 0.29) is 18.5 Å². The zero-order chi connectivity index (χ0) is 12.9. The summed E-state index contributed by atoms with van der Waals surface area (Å²) in [6.07, 6.45) is 0. The van der Waals surface area contributed by atoms with Crippen LogP contribution in [0.2, 0.25) is 0 Å². The van der Waals surface area contributed by atoms with Crippen LogP contribution in [0.4, 0.5) is 0 Å². The molecule has 0 aromatic heterocycles. The van der Waals surface area contributed by atoms with E-state index in [1.165, 1.54) is 13.8 Å². The van der Waals surface area contributed by atoms with E-state index < -0.39 is 21.3 Å². The first-order valence-corrected chi connectivity index (χ1v) is 6.77. The summed E-state index contributed by atoms with van der Waals surface area (Å²) in [7, 11) is -3.53. The van der Waals surface area contributed by atoms with E-state index >= 15 is 0 Å². The van der Waals surface area contributed by atoms with Gasteiger partial charge in [-0.25, -0.2) is 13.1 Å². The Balaban J connectivity index is 4.45. The topological polar surface area (TPSA) is 101 Å². The highest BCUT2D eigenvalue weighted by Gasteiger charge is 2.24. The molecule has 6 nitrogen and oxygen atoms in total. The number of nitrogens with two attached hydrogens (primary N) is 1. The zero-order valence-electron chi connectivity index (χ0n) is 10.1. The van der Waals surface area contributed by atoms with Crippen LogP contribution in [0.1, 0.15) is 27.7 Å². The number of hydrogen-bond acceptors (Lipinski definition) is 4. The molecule has 0 spiro atoms. The second-order valence-corrected chi connectivity index (χ2v) is 6.22. The van der Waals surface area contributed by atoms with Gasteiger partial charge in [0, 0.05) is 12.6 Å². The van der Waals surface area contributed by atoms with Gasteiger partial charge in [-0.3, -0.25) is 4.79 Å². The summed E-state index contributed by atoms with van der Waals surface area (Å²) in [6.45, 7) is 6.63. The highest BCUT2D eigenvalue weighted by Crippen LogP contribution is 1.98. The minimum Gasteiger partial charge on any atom is -0.353 e. The average molecular weight is 251 g/mol. The van der Waals surface area contributed by atoms with Crippen LogP contribution in [0.5, 0.6) is 0 Å². The van der Waals surface area contributed by atoms with Crippen LogP contribution in [0, 0.1) is 0 Å². The van der Waals surface area contributed by atoms with Crippen molar-refractivity contribution in [3.8, 4) is 0 Å². The third-order valence-corrected chi connectivity index (χ3v) is 3.96. The molecule has 2 unspecified atom stereocenters. The lowest BCUT2D eigenvalue weighted by atomic mass is 10.3. The number of hydrogen-bond donors (Lipinski definition) is 3. The molecule has 2 atom stereocenters. The molecular weight excluding hydrogens is 230 g/mol. The van der Waals surface area contributed by atoms with Gasteiger partial charge in [0.25, 0.3) is 0 Å². The maximum absolute atomic E-state index is 11.6. The fourth-order valence-corrected chi connectivity index (χ4v) is 2.04. The maximum atomic E-state index is 11.6. The van der Waals surface area contributed by atoms with Crippen molar-refractivity contribution in [3.63, 3.8) is 0 Å². The molecule has 0 aromatic carbocycles. The minimum absolute atomic E-state index is 0.0217. The monoisotopic (exact) mass is 251 g/mol. The van der Waals surface area contributed by atoms with E-state index in [4.69, 9.17) is 5.73 Å². The van der Waals surface area contributed by atoms with E-state index in [0.717, 1.165) is 0 Å². The summed E-state index contributed by atoms with van der Waals surface area (Å²) < 4.78 is 25.5. The molecule has 0 bridgehead atoms. The second-order valence-electron chi connectivity index (χ2n) is 4.09. The van der Waals surface area contributed by atoms with Gasteiger partial charge in [-0.1, -0.05) is 0 Å². The Labute approximate surface area is 97.0 Å². The molecule has 0 aromatic rings.